The van der Waals surface area contributed by atoms with Crippen LogP contribution < -0.4 is 15.8 Å². The molecule has 0 unspecified atom stereocenters. The predicted molar refractivity (Wildman–Crippen MR) is 102 cm³/mol. The van der Waals surface area contributed by atoms with Gasteiger partial charge >= 0.3 is 0 Å². The van der Waals surface area contributed by atoms with Crippen LogP contribution in [-0.2, 0) is 4.79 Å². The van der Waals surface area contributed by atoms with Crippen LogP contribution in [0.2, 0.25) is 0 Å². The summed E-state index contributed by atoms with van der Waals surface area (Å²) in [5.41, 5.74) is 8.25. The fourth-order valence-corrected chi connectivity index (χ4v) is 3.20. The van der Waals surface area contributed by atoms with Crippen molar-refractivity contribution in [3.8, 4) is 5.75 Å². The molecular formula is C19H24ClN3O2. The van der Waals surface area contributed by atoms with Crippen molar-refractivity contribution in [3.63, 3.8) is 0 Å². The number of hydrogen-bond acceptors (Lipinski definition) is 4. The van der Waals surface area contributed by atoms with Crippen molar-refractivity contribution in [1.29, 1.82) is 0 Å². The number of methoxy groups -OCH3 is 1. The summed E-state index contributed by atoms with van der Waals surface area (Å²) >= 11 is 0. The zero-order valence-electron chi connectivity index (χ0n) is 14.2. The molecule has 6 heteroatoms. The molecule has 1 saturated heterocycles. The van der Waals surface area contributed by atoms with Gasteiger partial charge in [-0.05, 0) is 17.7 Å². The number of nitrogens with one attached hydrogen (secondary N) is 1. The first-order valence-electron chi connectivity index (χ1n) is 8.12. The number of rotatable bonds is 5. The Morgan fingerprint density at radius 3 is 2.68 bits per heavy atom. The second kappa shape index (κ2) is 8.85. The quantitative estimate of drug-likeness (QED) is 0.858. The van der Waals surface area contributed by atoms with Crippen molar-refractivity contribution in [3.05, 3.63) is 60.2 Å². The van der Waals surface area contributed by atoms with Crippen LogP contribution in [0.1, 0.15) is 11.5 Å². The van der Waals surface area contributed by atoms with Crippen molar-refractivity contribution < 1.29 is 9.53 Å². The molecule has 3 rings (SSSR count). The van der Waals surface area contributed by atoms with E-state index in [1.165, 1.54) is 5.56 Å². The zero-order chi connectivity index (χ0) is 16.9. The van der Waals surface area contributed by atoms with Crippen LogP contribution in [0.25, 0.3) is 0 Å². The molecule has 2 aromatic rings. The maximum atomic E-state index is 12.3. The molecule has 1 aliphatic rings. The number of carbonyl (C=O) groups is 1. The van der Waals surface area contributed by atoms with Gasteiger partial charge in [-0.25, -0.2) is 0 Å². The van der Waals surface area contributed by atoms with Gasteiger partial charge in [0.2, 0.25) is 5.91 Å². The largest absolute Gasteiger partial charge is 0.497 e. The van der Waals surface area contributed by atoms with Crippen LogP contribution >= 0.6 is 12.4 Å². The van der Waals surface area contributed by atoms with Gasteiger partial charge in [-0.1, -0.05) is 36.4 Å². The standard InChI is InChI=1S/C19H23N3O2.ClH/c1-24-16-9-5-8-15(10-16)21-19(23)13-22-11-17(18(20)12-22)14-6-3-2-4-7-14;/h2-10,17-18H,11-13,20H2,1H3,(H,21,23);1H/t17-,18+;/m0./s1. The Labute approximate surface area is 154 Å². The minimum atomic E-state index is -0.0378. The highest BCUT2D eigenvalue weighted by Gasteiger charge is 2.31. The molecule has 1 amide bonds. The molecule has 134 valence electrons. The Balaban J connectivity index is 0.00000225. The minimum absolute atomic E-state index is 0. The fourth-order valence-electron chi connectivity index (χ4n) is 3.20. The highest BCUT2D eigenvalue weighted by molar-refractivity contribution is 5.92. The van der Waals surface area contributed by atoms with Crippen molar-refractivity contribution in [2.75, 3.05) is 32.1 Å². The zero-order valence-corrected chi connectivity index (χ0v) is 15.0. The molecule has 0 aromatic heterocycles. The number of benzene rings is 2. The molecule has 1 aliphatic heterocycles. The Bertz CT molecular complexity index is 696. The van der Waals surface area contributed by atoms with Gasteiger partial charge in [0, 0.05) is 36.8 Å². The summed E-state index contributed by atoms with van der Waals surface area (Å²) in [6, 6.07) is 17.7. The number of halogens is 1. The van der Waals surface area contributed by atoms with Crippen LogP contribution in [-0.4, -0.2) is 43.6 Å². The first kappa shape index (κ1) is 19.2. The second-order valence-electron chi connectivity index (χ2n) is 6.16. The van der Waals surface area contributed by atoms with Crippen molar-refractivity contribution >= 4 is 24.0 Å². The Hall–Kier alpha value is -2.08. The number of likely N-dealkylation sites (tertiary alicyclic amines) is 1. The average Bonchev–Trinajstić information content (AvgIpc) is 2.96. The fraction of sp³-hybridized carbons (Fsp3) is 0.316. The van der Waals surface area contributed by atoms with Crippen LogP contribution in [0.4, 0.5) is 5.69 Å². The summed E-state index contributed by atoms with van der Waals surface area (Å²) in [5, 5.41) is 2.91. The Morgan fingerprint density at radius 1 is 1.20 bits per heavy atom. The third kappa shape index (κ3) is 4.95. The molecule has 1 fully saturated rings. The molecule has 0 spiro atoms. The molecule has 0 bridgehead atoms. The number of hydrogen-bond donors (Lipinski definition) is 2. The maximum Gasteiger partial charge on any atom is 0.238 e. The van der Waals surface area contributed by atoms with Crippen molar-refractivity contribution in [2.45, 2.75) is 12.0 Å². The van der Waals surface area contributed by atoms with E-state index in [-0.39, 0.29) is 30.3 Å². The van der Waals surface area contributed by atoms with Crippen molar-refractivity contribution in [1.82, 2.24) is 4.90 Å². The van der Waals surface area contributed by atoms with E-state index in [0.29, 0.717) is 6.54 Å². The lowest BCUT2D eigenvalue weighted by atomic mass is 9.95. The molecule has 25 heavy (non-hydrogen) atoms. The number of anilines is 1. The van der Waals surface area contributed by atoms with Gasteiger partial charge in [0.15, 0.2) is 0 Å². The molecule has 1 heterocycles. The van der Waals surface area contributed by atoms with Crippen LogP contribution in [0.15, 0.2) is 54.6 Å². The molecule has 0 aliphatic carbocycles. The second-order valence-corrected chi connectivity index (χ2v) is 6.16. The van der Waals surface area contributed by atoms with Gasteiger partial charge in [0.05, 0.1) is 13.7 Å². The molecular weight excluding hydrogens is 338 g/mol. The highest BCUT2D eigenvalue weighted by atomic mass is 35.5. The summed E-state index contributed by atoms with van der Waals surface area (Å²) in [4.78, 5) is 14.4. The highest BCUT2D eigenvalue weighted by Crippen LogP contribution is 2.26. The summed E-state index contributed by atoms with van der Waals surface area (Å²) in [7, 11) is 1.61. The van der Waals surface area contributed by atoms with E-state index in [1.54, 1.807) is 13.2 Å². The van der Waals surface area contributed by atoms with Gasteiger partial charge in [-0.3, -0.25) is 9.69 Å². The molecule has 2 atom stereocenters. The lowest BCUT2D eigenvalue weighted by Gasteiger charge is -2.16. The first-order valence-corrected chi connectivity index (χ1v) is 8.12. The SMILES string of the molecule is COc1cccc(NC(=O)CN2C[C@@H](N)[C@H](c3ccccc3)C2)c1.Cl. The lowest BCUT2D eigenvalue weighted by molar-refractivity contribution is -0.117. The third-order valence-electron chi connectivity index (χ3n) is 4.39. The van der Waals surface area contributed by atoms with E-state index in [1.807, 2.05) is 36.4 Å². The number of ether oxygens (including phenoxy) is 1. The van der Waals surface area contributed by atoms with Crippen LogP contribution in [0.3, 0.4) is 0 Å². The first-order chi connectivity index (χ1) is 11.7. The normalized spacial score (nSPS) is 19.9. The molecule has 2 aromatic carbocycles. The summed E-state index contributed by atoms with van der Waals surface area (Å²) < 4.78 is 5.17. The number of nitrogens with two attached hydrogens (primary N) is 1. The van der Waals surface area contributed by atoms with E-state index >= 15 is 0 Å². The van der Waals surface area contributed by atoms with Crippen LogP contribution in [0, 0.1) is 0 Å². The van der Waals surface area contributed by atoms with E-state index in [2.05, 4.69) is 22.3 Å². The summed E-state index contributed by atoms with van der Waals surface area (Å²) in [6.07, 6.45) is 0. The van der Waals surface area contributed by atoms with Gasteiger partial charge in [-0.2, -0.15) is 0 Å². The van der Waals surface area contributed by atoms with E-state index in [4.69, 9.17) is 10.5 Å². The summed E-state index contributed by atoms with van der Waals surface area (Å²) in [6.45, 7) is 1.87. The van der Waals surface area contributed by atoms with Crippen molar-refractivity contribution in [2.24, 2.45) is 5.73 Å². The predicted octanol–water partition coefficient (Wildman–Crippen LogP) is 2.48. The van der Waals surface area contributed by atoms with E-state index in [9.17, 15) is 4.79 Å². The number of nitrogens with zero attached hydrogens (tertiary/aromatic N) is 1. The average molecular weight is 362 g/mol. The summed E-state index contributed by atoms with van der Waals surface area (Å²) in [5.74, 6) is 0.958. The van der Waals surface area contributed by atoms with Gasteiger partial charge in [0.1, 0.15) is 5.75 Å². The number of amides is 1. The van der Waals surface area contributed by atoms with Gasteiger partial charge in [0.25, 0.3) is 0 Å². The minimum Gasteiger partial charge on any atom is -0.497 e. The maximum absolute atomic E-state index is 12.3. The Morgan fingerprint density at radius 2 is 1.96 bits per heavy atom. The molecule has 5 nitrogen and oxygen atoms in total. The Kier molecular flexibility index (Phi) is 6.82. The monoisotopic (exact) mass is 361 g/mol. The van der Waals surface area contributed by atoms with E-state index < -0.39 is 0 Å². The molecule has 0 saturated carbocycles. The van der Waals surface area contributed by atoms with Gasteiger partial charge < -0.3 is 15.8 Å². The lowest BCUT2D eigenvalue weighted by Crippen LogP contribution is -2.33. The van der Waals surface area contributed by atoms with Crippen LogP contribution in [0.5, 0.6) is 5.75 Å². The molecule has 3 N–H and O–H groups in total. The molecule has 0 radical (unpaired) electrons. The smallest absolute Gasteiger partial charge is 0.238 e. The third-order valence-corrected chi connectivity index (χ3v) is 4.39. The number of carbonyl (C=O) groups excluding carboxylic acids is 1. The van der Waals surface area contributed by atoms with Gasteiger partial charge in [-0.15, -0.1) is 12.4 Å². The topological polar surface area (TPSA) is 67.6 Å². The van der Waals surface area contributed by atoms with E-state index in [0.717, 1.165) is 24.5 Å².